The summed E-state index contributed by atoms with van der Waals surface area (Å²) in [6.45, 7) is 3.22. The van der Waals surface area contributed by atoms with Crippen LogP contribution >= 0.6 is 11.3 Å². The summed E-state index contributed by atoms with van der Waals surface area (Å²) in [7, 11) is 0. The largest absolute Gasteiger partial charge is 0.319 e. The Kier molecular flexibility index (Phi) is 4.32. The van der Waals surface area contributed by atoms with Crippen molar-refractivity contribution in [3.8, 4) is 0 Å². The zero-order chi connectivity index (χ0) is 18.1. The van der Waals surface area contributed by atoms with Gasteiger partial charge < -0.3 is 5.32 Å². The van der Waals surface area contributed by atoms with E-state index in [4.69, 9.17) is 0 Å². The number of thiophene rings is 1. The van der Waals surface area contributed by atoms with Crippen LogP contribution in [-0.2, 0) is 11.3 Å². The number of rotatable bonds is 4. The van der Waals surface area contributed by atoms with Crippen LogP contribution in [0, 0.1) is 24.0 Å². The van der Waals surface area contributed by atoms with Gasteiger partial charge in [0.1, 0.15) is 17.1 Å². The number of carbonyl (C=O) groups excluding carboxylic acids is 1. The van der Waals surface area contributed by atoms with Gasteiger partial charge in [0, 0.05) is 6.07 Å². The van der Waals surface area contributed by atoms with E-state index in [1.54, 1.807) is 31.4 Å². The maximum absolute atomic E-state index is 12.3. The molecule has 1 N–H and O–H groups in total. The molecule has 0 bridgehead atoms. The molecule has 0 aliphatic rings. The van der Waals surface area contributed by atoms with Crippen LogP contribution in [0.5, 0.6) is 0 Å². The molecule has 128 valence electrons. The molecule has 0 saturated heterocycles. The number of hydrogen-bond donors (Lipinski definition) is 1. The van der Waals surface area contributed by atoms with Gasteiger partial charge in [0.2, 0.25) is 5.91 Å². The van der Waals surface area contributed by atoms with Crippen molar-refractivity contribution in [1.82, 2.24) is 9.55 Å². The number of aryl methyl sites for hydroxylation is 1. The highest BCUT2D eigenvalue weighted by Crippen LogP contribution is 2.30. The number of hydrogen-bond acceptors (Lipinski definition) is 6. The minimum atomic E-state index is -0.548. The maximum Gasteiger partial charge on any atom is 0.293 e. The molecule has 0 spiro atoms. The van der Waals surface area contributed by atoms with Crippen LogP contribution in [0.2, 0.25) is 0 Å². The molecule has 0 saturated carbocycles. The second kappa shape index (κ2) is 6.44. The Morgan fingerprint density at radius 1 is 1.36 bits per heavy atom. The summed E-state index contributed by atoms with van der Waals surface area (Å²) in [4.78, 5) is 40.0. The molecule has 0 radical (unpaired) electrons. The number of amides is 1. The van der Waals surface area contributed by atoms with E-state index in [1.807, 2.05) is 0 Å². The number of nitro benzene ring substituents is 1. The van der Waals surface area contributed by atoms with Gasteiger partial charge in [-0.3, -0.25) is 24.3 Å². The van der Waals surface area contributed by atoms with Crippen molar-refractivity contribution in [2.75, 3.05) is 5.32 Å². The summed E-state index contributed by atoms with van der Waals surface area (Å²) in [5.74, 6) is -0.532. The summed E-state index contributed by atoms with van der Waals surface area (Å²) >= 11 is 1.34. The first-order valence-electron chi connectivity index (χ1n) is 7.35. The molecule has 1 amide bonds. The van der Waals surface area contributed by atoms with Crippen molar-refractivity contribution in [3.63, 3.8) is 0 Å². The molecule has 0 aliphatic carbocycles. The second-order valence-corrected chi connectivity index (χ2v) is 6.42. The van der Waals surface area contributed by atoms with Crippen molar-refractivity contribution in [2.24, 2.45) is 0 Å². The Morgan fingerprint density at radius 3 is 2.84 bits per heavy atom. The van der Waals surface area contributed by atoms with E-state index in [0.717, 1.165) is 5.56 Å². The van der Waals surface area contributed by atoms with Crippen molar-refractivity contribution in [2.45, 2.75) is 20.4 Å². The predicted octanol–water partition coefficient (Wildman–Crippen LogP) is 2.62. The fourth-order valence-corrected chi connectivity index (χ4v) is 3.17. The average molecular weight is 358 g/mol. The van der Waals surface area contributed by atoms with Gasteiger partial charge in [-0.25, -0.2) is 4.98 Å². The number of benzene rings is 1. The molecule has 0 fully saturated rings. The molecule has 8 nitrogen and oxygen atoms in total. The van der Waals surface area contributed by atoms with Crippen molar-refractivity contribution >= 4 is 38.8 Å². The van der Waals surface area contributed by atoms with Gasteiger partial charge in [-0.1, -0.05) is 6.07 Å². The highest BCUT2D eigenvalue weighted by Gasteiger charge is 2.20. The lowest BCUT2D eigenvalue weighted by molar-refractivity contribution is -0.384. The average Bonchev–Trinajstić information content (AvgIpc) is 3.04. The van der Waals surface area contributed by atoms with Gasteiger partial charge in [0.05, 0.1) is 16.6 Å². The summed E-state index contributed by atoms with van der Waals surface area (Å²) in [5, 5.41) is 15.9. The highest BCUT2D eigenvalue weighted by atomic mass is 32.1. The van der Waals surface area contributed by atoms with Crippen LogP contribution in [0.25, 0.3) is 10.2 Å². The molecular formula is C16H14N4O4S. The quantitative estimate of drug-likeness (QED) is 0.570. The Hall–Kier alpha value is -3.07. The monoisotopic (exact) mass is 358 g/mol. The van der Waals surface area contributed by atoms with Crippen LogP contribution in [-0.4, -0.2) is 20.4 Å². The fraction of sp³-hybridized carbons (Fsp3) is 0.188. The van der Waals surface area contributed by atoms with Crippen molar-refractivity contribution in [3.05, 3.63) is 61.5 Å². The Bertz CT molecular complexity index is 1050. The first-order valence-corrected chi connectivity index (χ1v) is 8.23. The standard InChI is InChI=1S/C16H14N4O4S/c1-9-3-4-12(20(23)24)14(10(9)2)18-13(21)7-19-8-17-15-11(16(19)22)5-6-25-15/h3-6,8H,7H2,1-2H3,(H,18,21). The van der Waals surface area contributed by atoms with E-state index in [0.29, 0.717) is 15.8 Å². The number of fused-ring (bicyclic) bond motifs is 1. The Morgan fingerprint density at radius 2 is 2.12 bits per heavy atom. The summed E-state index contributed by atoms with van der Waals surface area (Å²) in [5.41, 5.74) is 1.07. The lowest BCUT2D eigenvalue weighted by Crippen LogP contribution is -2.28. The van der Waals surface area contributed by atoms with Crippen LogP contribution < -0.4 is 10.9 Å². The highest BCUT2D eigenvalue weighted by molar-refractivity contribution is 7.16. The second-order valence-electron chi connectivity index (χ2n) is 5.52. The molecule has 0 atom stereocenters. The third-order valence-corrected chi connectivity index (χ3v) is 4.76. The first kappa shape index (κ1) is 16.8. The van der Waals surface area contributed by atoms with Crippen LogP contribution in [0.15, 0.2) is 34.7 Å². The van der Waals surface area contributed by atoms with E-state index in [1.165, 1.54) is 28.3 Å². The molecular weight excluding hydrogens is 344 g/mol. The van der Waals surface area contributed by atoms with Gasteiger partial charge in [0.15, 0.2) is 0 Å². The van der Waals surface area contributed by atoms with Crippen LogP contribution in [0.1, 0.15) is 11.1 Å². The molecule has 3 rings (SSSR count). The minimum Gasteiger partial charge on any atom is -0.319 e. The number of aromatic nitrogens is 2. The lowest BCUT2D eigenvalue weighted by Gasteiger charge is -2.11. The number of nitro groups is 1. The lowest BCUT2D eigenvalue weighted by atomic mass is 10.1. The maximum atomic E-state index is 12.3. The predicted molar refractivity (Wildman–Crippen MR) is 95.1 cm³/mol. The van der Waals surface area contributed by atoms with Gasteiger partial charge in [-0.2, -0.15) is 0 Å². The normalized spacial score (nSPS) is 10.8. The number of nitrogens with zero attached hydrogens (tertiary/aromatic N) is 3. The fourth-order valence-electron chi connectivity index (χ4n) is 2.45. The van der Waals surface area contributed by atoms with Crippen molar-refractivity contribution < 1.29 is 9.72 Å². The van der Waals surface area contributed by atoms with Crippen LogP contribution in [0.3, 0.4) is 0 Å². The molecule has 25 heavy (non-hydrogen) atoms. The Labute approximate surface area is 145 Å². The van der Waals surface area contributed by atoms with E-state index in [-0.39, 0.29) is 23.5 Å². The summed E-state index contributed by atoms with van der Waals surface area (Å²) < 4.78 is 1.18. The number of nitrogens with one attached hydrogen (secondary N) is 1. The molecule has 0 aliphatic heterocycles. The summed E-state index contributed by atoms with van der Waals surface area (Å²) in [6, 6.07) is 4.63. The van der Waals surface area contributed by atoms with Gasteiger partial charge in [-0.15, -0.1) is 11.3 Å². The molecule has 2 heterocycles. The molecule has 0 unspecified atom stereocenters. The zero-order valence-electron chi connectivity index (χ0n) is 13.5. The molecule has 9 heteroatoms. The first-order chi connectivity index (χ1) is 11.9. The number of anilines is 1. The van der Waals surface area contributed by atoms with Crippen LogP contribution in [0.4, 0.5) is 11.4 Å². The Balaban J connectivity index is 1.90. The molecule has 1 aromatic carbocycles. The van der Waals surface area contributed by atoms with Gasteiger partial charge in [-0.05, 0) is 36.4 Å². The van der Waals surface area contributed by atoms with Crippen molar-refractivity contribution in [1.29, 1.82) is 0 Å². The van der Waals surface area contributed by atoms with E-state index in [9.17, 15) is 19.7 Å². The molecule has 2 aromatic heterocycles. The van der Waals surface area contributed by atoms with E-state index in [2.05, 4.69) is 10.3 Å². The smallest absolute Gasteiger partial charge is 0.293 e. The zero-order valence-corrected chi connectivity index (χ0v) is 14.3. The third-order valence-electron chi connectivity index (χ3n) is 3.94. The SMILES string of the molecule is Cc1ccc([N+](=O)[O-])c(NC(=O)Cn2cnc3sccc3c2=O)c1C. The molecule has 3 aromatic rings. The summed E-state index contributed by atoms with van der Waals surface area (Å²) in [6.07, 6.45) is 1.30. The van der Waals surface area contributed by atoms with Gasteiger partial charge in [0.25, 0.3) is 11.2 Å². The minimum absolute atomic E-state index is 0.146. The van der Waals surface area contributed by atoms with E-state index >= 15 is 0 Å². The number of carbonyl (C=O) groups is 1. The third kappa shape index (κ3) is 3.13. The van der Waals surface area contributed by atoms with E-state index < -0.39 is 10.8 Å². The van der Waals surface area contributed by atoms with Gasteiger partial charge >= 0.3 is 0 Å². The topological polar surface area (TPSA) is 107 Å².